The third kappa shape index (κ3) is 8.91. The average molecular weight is 785 g/mol. The van der Waals surface area contributed by atoms with Crippen LogP contribution in [0.3, 0.4) is 0 Å². The number of likely N-dealkylation sites (N-methyl/N-ethyl adjacent to an activating group) is 3. The van der Waals surface area contributed by atoms with E-state index in [2.05, 4.69) is 15.3 Å². The minimum absolute atomic E-state index is 0.0204. The second-order valence-corrected chi connectivity index (χ2v) is 16.3. The third-order valence-corrected chi connectivity index (χ3v) is 10.6. The van der Waals surface area contributed by atoms with Crippen LogP contribution in [-0.4, -0.2) is 141 Å². The molecule has 0 aromatic carbocycles. The van der Waals surface area contributed by atoms with Crippen LogP contribution in [0.4, 0.5) is 0 Å². The summed E-state index contributed by atoms with van der Waals surface area (Å²) in [7, 11) is 10.3. The molecule has 18 heteroatoms. The summed E-state index contributed by atoms with van der Waals surface area (Å²) in [6.45, 7) is 1.74. The molecule has 3 aliphatic carbocycles. The summed E-state index contributed by atoms with van der Waals surface area (Å²) in [5, 5.41) is 13.6. The van der Waals surface area contributed by atoms with Crippen molar-refractivity contribution < 1.29 is 38.0 Å². The second-order valence-electron chi connectivity index (χ2n) is 16.3. The van der Waals surface area contributed by atoms with E-state index in [0.29, 0.717) is 66.0 Å². The maximum Gasteiger partial charge on any atom is 0.270 e. The summed E-state index contributed by atoms with van der Waals surface area (Å²) < 4.78 is 28.9. The summed E-state index contributed by atoms with van der Waals surface area (Å²) in [6.07, 6.45) is 11.4. The Kier molecular flexibility index (Phi) is 10.4. The van der Waals surface area contributed by atoms with Gasteiger partial charge in [-0.1, -0.05) is 5.21 Å². The molecule has 2 unspecified atom stereocenters. The highest BCUT2D eigenvalue weighted by molar-refractivity contribution is 5.79. The summed E-state index contributed by atoms with van der Waals surface area (Å²) in [6, 6.07) is 3.53. The molecule has 1 aliphatic heterocycles. The second kappa shape index (κ2) is 15.5. The first-order valence-corrected chi connectivity index (χ1v) is 19.4. The number of carbonyl (C=O) groups is 3. The van der Waals surface area contributed by atoms with Gasteiger partial charge in [-0.3, -0.25) is 19.4 Å². The van der Waals surface area contributed by atoms with Gasteiger partial charge in [0.25, 0.3) is 5.69 Å². The minimum atomic E-state index is -0.457. The minimum Gasteiger partial charge on any atom is -0.488 e. The molecule has 302 valence electrons. The van der Waals surface area contributed by atoms with Crippen molar-refractivity contribution in [2.45, 2.75) is 82.6 Å². The SMILES string of the molecule is CN(C)C(=O)Cc1cnc(-c2c[n+](CC3OCC4(CC4)CO3)n(C3CC3Oc3cc(CC(=O)N(C)C)cnc3-c3cn(CC(=O)N(C)C)nn3)n2)c(OC2CC2)c1. The van der Waals surface area contributed by atoms with Crippen LogP contribution < -0.4 is 14.2 Å². The fourth-order valence-electron chi connectivity index (χ4n) is 6.47. The van der Waals surface area contributed by atoms with E-state index >= 15 is 0 Å². The molecule has 3 saturated carbocycles. The molecule has 0 bridgehead atoms. The molecule has 57 heavy (non-hydrogen) atoms. The number of nitrogens with zero attached hydrogens (tertiary/aromatic N) is 11. The van der Waals surface area contributed by atoms with Gasteiger partial charge >= 0.3 is 0 Å². The molecular formula is C39H50N11O7+. The van der Waals surface area contributed by atoms with Gasteiger partial charge in [-0.2, -0.15) is 4.68 Å². The Hall–Kier alpha value is -5.49. The molecule has 18 nitrogen and oxygen atoms in total. The Morgan fingerprint density at radius 2 is 1.44 bits per heavy atom. The van der Waals surface area contributed by atoms with Gasteiger partial charge in [-0.05, 0) is 53.7 Å². The van der Waals surface area contributed by atoms with Gasteiger partial charge in [0.05, 0.1) is 43.5 Å². The lowest BCUT2D eigenvalue weighted by molar-refractivity contribution is -0.791. The van der Waals surface area contributed by atoms with Crippen molar-refractivity contribution in [3.8, 4) is 34.3 Å². The third-order valence-electron chi connectivity index (χ3n) is 10.6. The zero-order valence-corrected chi connectivity index (χ0v) is 33.3. The van der Waals surface area contributed by atoms with Crippen LogP contribution in [0.5, 0.6) is 11.5 Å². The first-order chi connectivity index (χ1) is 27.3. The topological polar surface area (TPSA) is 176 Å². The lowest BCUT2D eigenvalue weighted by atomic mass is 10.1. The Morgan fingerprint density at radius 3 is 2.02 bits per heavy atom. The number of carbonyl (C=O) groups excluding carboxylic acids is 3. The molecule has 1 spiro atoms. The zero-order valence-electron chi connectivity index (χ0n) is 33.3. The van der Waals surface area contributed by atoms with E-state index in [1.165, 1.54) is 14.5 Å². The molecule has 1 saturated heterocycles. The van der Waals surface area contributed by atoms with Crippen molar-refractivity contribution in [3.05, 3.63) is 48.0 Å². The molecule has 2 atom stereocenters. The summed E-state index contributed by atoms with van der Waals surface area (Å²) in [4.78, 5) is 53.6. The molecule has 4 fully saturated rings. The normalized spacial score (nSPS) is 19.6. The van der Waals surface area contributed by atoms with Crippen molar-refractivity contribution in [2.75, 3.05) is 55.5 Å². The summed E-state index contributed by atoms with van der Waals surface area (Å²) in [5.74, 6) is 0.794. The highest BCUT2D eigenvalue weighted by atomic mass is 16.7. The van der Waals surface area contributed by atoms with Crippen LogP contribution >= 0.6 is 0 Å². The monoisotopic (exact) mass is 784 g/mol. The molecule has 5 heterocycles. The van der Waals surface area contributed by atoms with Gasteiger partial charge in [0, 0.05) is 66.5 Å². The van der Waals surface area contributed by atoms with Crippen molar-refractivity contribution in [2.24, 2.45) is 5.41 Å². The Balaban J connectivity index is 1.09. The van der Waals surface area contributed by atoms with Crippen molar-refractivity contribution in [1.29, 1.82) is 0 Å². The highest BCUT2D eigenvalue weighted by Crippen LogP contribution is 2.48. The number of ether oxygens (including phenoxy) is 4. The van der Waals surface area contributed by atoms with E-state index in [0.717, 1.165) is 31.2 Å². The van der Waals surface area contributed by atoms with Gasteiger partial charge in [0.2, 0.25) is 17.7 Å². The predicted molar refractivity (Wildman–Crippen MR) is 201 cm³/mol. The molecule has 0 radical (unpaired) electrons. The Labute approximate surface area is 330 Å². The molecule has 0 N–H and O–H groups in total. The van der Waals surface area contributed by atoms with E-state index in [4.69, 9.17) is 29.0 Å². The Morgan fingerprint density at radius 1 is 0.842 bits per heavy atom. The van der Waals surface area contributed by atoms with E-state index in [-0.39, 0.29) is 60.8 Å². The lowest BCUT2D eigenvalue weighted by Gasteiger charge is -2.28. The number of amides is 3. The van der Waals surface area contributed by atoms with Crippen LogP contribution in [0.15, 0.2) is 36.9 Å². The van der Waals surface area contributed by atoms with E-state index in [1.54, 1.807) is 65.8 Å². The number of hydrogen-bond donors (Lipinski definition) is 0. The lowest BCUT2D eigenvalue weighted by Crippen LogP contribution is -2.51. The average Bonchev–Trinajstić information content (AvgIpc) is 4.15. The summed E-state index contributed by atoms with van der Waals surface area (Å²) >= 11 is 0. The maximum absolute atomic E-state index is 12.7. The molecule has 4 aromatic heterocycles. The van der Waals surface area contributed by atoms with Crippen molar-refractivity contribution >= 4 is 17.7 Å². The fraction of sp³-hybridized carbons (Fsp3) is 0.564. The van der Waals surface area contributed by atoms with E-state index in [1.807, 2.05) is 27.8 Å². The molecular weight excluding hydrogens is 734 g/mol. The first kappa shape index (κ1) is 38.4. The van der Waals surface area contributed by atoms with Crippen molar-refractivity contribution in [1.82, 2.24) is 49.6 Å². The standard InChI is InChI=1S/C39H50N11O7/c1-45(2)33(51)13-24-11-31(56-26-7-8-26)38(41-17-24)28-19-49(21-36-54-22-39(9-10-39)23-55-36)50(43-28)29-15-30(29)57-32-12-25(14-34(52)46(3)4)16-40-37(32)27-18-48(44-42-27)20-35(53)47(5)6/h11-12,16-19,26,29-30,36H,7-10,13-15,20-23H2,1-6H3/q+1. The predicted octanol–water partition coefficient (Wildman–Crippen LogP) is 1.32. The largest absolute Gasteiger partial charge is 0.488 e. The van der Waals surface area contributed by atoms with Gasteiger partial charge < -0.3 is 33.6 Å². The molecule has 3 amide bonds. The number of aromatic nitrogens is 8. The maximum atomic E-state index is 12.7. The smallest absolute Gasteiger partial charge is 0.270 e. The van der Waals surface area contributed by atoms with Crippen molar-refractivity contribution in [3.63, 3.8) is 0 Å². The number of hydrogen-bond acceptors (Lipinski definition) is 12. The molecule has 8 rings (SSSR count). The quantitative estimate of drug-likeness (QED) is 0.158. The van der Waals surface area contributed by atoms with Crippen LogP contribution in [0.2, 0.25) is 0 Å². The van der Waals surface area contributed by atoms with Crippen LogP contribution in [0, 0.1) is 5.41 Å². The first-order valence-electron chi connectivity index (χ1n) is 19.4. The number of rotatable bonds is 15. The van der Waals surface area contributed by atoms with Gasteiger partial charge in [-0.15, -0.1) is 5.10 Å². The summed E-state index contributed by atoms with van der Waals surface area (Å²) in [5.41, 5.74) is 3.65. The van der Waals surface area contributed by atoms with E-state index in [9.17, 15) is 14.4 Å². The number of pyridine rings is 2. The van der Waals surface area contributed by atoms with Crippen LogP contribution in [-0.2, 0) is 49.8 Å². The Bertz CT molecular complexity index is 2150. The zero-order chi connectivity index (χ0) is 40.0. The van der Waals surface area contributed by atoms with E-state index < -0.39 is 6.29 Å². The molecule has 4 aliphatic rings. The van der Waals surface area contributed by atoms with Gasteiger partial charge in [-0.25, -0.2) is 9.67 Å². The van der Waals surface area contributed by atoms with Crippen LogP contribution in [0.1, 0.15) is 49.3 Å². The van der Waals surface area contributed by atoms with Gasteiger partial charge in [0.15, 0.2) is 30.8 Å². The molecule has 4 aromatic rings. The highest BCUT2D eigenvalue weighted by Gasteiger charge is 2.50. The van der Waals surface area contributed by atoms with Crippen LogP contribution in [0.25, 0.3) is 22.8 Å². The van der Waals surface area contributed by atoms with Gasteiger partial charge in [0.1, 0.15) is 35.5 Å². The fourth-order valence-corrected chi connectivity index (χ4v) is 6.47.